The van der Waals surface area contributed by atoms with Crippen LogP contribution in [0.2, 0.25) is 0 Å². The van der Waals surface area contributed by atoms with Crippen molar-refractivity contribution in [3.05, 3.63) is 0 Å². The van der Waals surface area contributed by atoms with E-state index in [2.05, 4.69) is 0 Å². The minimum Gasteiger partial charge on any atom is -0.298 e. The molecule has 0 bridgehead atoms. The van der Waals surface area contributed by atoms with Crippen LogP contribution < -0.4 is 0 Å². The lowest BCUT2D eigenvalue weighted by Crippen LogP contribution is -2.05. The number of hydrogen-bond acceptors (Lipinski definition) is 3. The maximum Gasteiger partial charge on any atom is 0.158 e. The van der Waals surface area contributed by atoms with Crippen LogP contribution in [0.3, 0.4) is 0 Å². The topological polar surface area (TPSA) is 51.2 Å². The Balaban J connectivity index is 2.90. The average Bonchev–Trinajstić information content (AvgIpc) is 1.79. The highest BCUT2D eigenvalue weighted by atomic mass is 32.2. The standard InChI is InChI=1S/C5H8O3S/c1-4-2-9(7,8)3-5(4)6/h4H,2-3H2,1H3. The molecule has 1 aliphatic heterocycles. The zero-order valence-corrected chi connectivity index (χ0v) is 5.94. The molecule has 1 atom stereocenters. The Morgan fingerprint density at radius 1 is 1.56 bits per heavy atom. The Morgan fingerprint density at radius 2 is 2.11 bits per heavy atom. The molecule has 0 spiro atoms. The summed E-state index contributed by atoms with van der Waals surface area (Å²) in [5.41, 5.74) is 0. The van der Waals surface area contributed by atoms with E-state index in [-0.39, 0.29) is 23.2 Å². The molecule has 0 saturated carbocycles. The molecule has 1 heterocycles. The summed E-state index contributed by atoms with van der Waals surface area (Å²) in [6.45, 7) is 1.65. The van der Waals surface area contributed by atoms with E-state index in [1.807, 2.05) is 0 Å². The fraction of sp³-hybridized carbons (Fsp3) is 0.800. The number of carbonyl (C=O) groups excluding carboxylic acids is 1. The van der Waals surface area contributed by atoms with Crippen molar-refractivity contribution in [2.45, 2.75) is 6.92 Å². The molecule has 1 saturated heterocycles. The van der Waals surface area contributed by atoms with Gasteiger partial charge < -0.3 is 0 Å². The van der Waals surface area contributed by atoms with Gasteiger partial charge in [-0.2, -0.15) is 0 Å². The van der Waals surface area contributed by atoms with Crippen LogP contribution >= 0.6 is 0 Å². The van der Waals surface area contributed by atoms with E-state index in [1.54, 1.807) is 6.92 Å². The fourth-order valence-electron chi connectivity index (χ4n) is 0.892. The second kappa shape index (κ2) is 1.80. The lowest BCUT2D eigenvalue weighted by atomic mass is 10.1. The van der Waals surface area contributed by atoms with Gasteiger partial charge in [-0.1, -0.05) is 6.92 Å². The van der Waals surface area contributed by atoms with Crippen molar-refractivity contribution in [1.29, 1.82) is 0 Å². The molecule has 1 rings (SSSR count). The van der Waals surface area contributed by atoms with Crippen LogP contribution in [-0.2, 0) is 14.6 Å². The molecule has 1 unspecified atom stereocenters. The lowest BCUT2D eigenvalue weighted by Gasteiger charge is -1.89. The van der Waals surface area contributed by atoms with E-state index < -0.39 is 9.84 Å². The number of ketones is 1. The number of Topliss-reactive ketones (excluding diaryl/α,β-unsaturated/α-hetero) is 1. The van der Waals surface area contributed by atoms with Crippen LogP contribution in [0.15, 0.2) is 0 Å². The number of sulfone groups is 1. The zero-order chi connectivity index (χ0) is 7.07. The smallest absolute Gasteiger partial charge is 0.158 e. The van der Waals surface area contributed by atoms with Crippen molar-refractivity contribution in [3.63, 3.8) is 0 Å². The summed E-state index contributed by atoms with van der Waals surface area (Å²) < 4.78 is 21.3. The largest absolute Gasteiger partial charge is 0.298 e. The van der Waals surface area contributed by atoms with Gasteiger partial charge in [0, 0.05) is 5.92 Å². The minimum atomic E-state index is -2.99. The third-order valence-corrected chi connectivity index (χ3v) is 3.15. The second-order valence-electron chi connectivity index (χ2n) is 2.42. The van der Waals surface area contributed by atoms with E-state index in [0.717, 1.165) is 0 Å². The first kappa shape index (κ1) is 6.74. The summed E-state index contributed by atoms with van der Waals surface area (Å²) in [6.07, 6.45) is 0. The monoisotopic (exact) mass is 148 g/mol. The SMILES string of the molecule is CC1CS(=O)(=O)CC1=O. The molecule has 0 aliphatic carbocycles. The molecule has 0 radical (unpaired) electrons. The Bertz CT molecular complexity index is 227. The van der Waals surface area contributed by atoms with Gasteiger partial charge in [0.15, 0.2) is 15.6 Å². The molecule has 52 valence electrons. The first-order chi connectivity index (χ1) is 4.01. The summed E-state index contributed by atoms with van der Waals surface area (Å²) in [4.78, 5) is 10.6. The van der Waals surface area contributed by atoms with Gasteiger partial charge in [0.1, 0.15) is 5.75 Å². The highest BCUT2D eigenvalue weighted by Gasteiger charge is 2.32. The Hall–Kier alpha value is -0.380. The molecule has 0 amide bonds. The van der Waals surface area contributed by atoms with E-state index in [4.69, 9.17) is 0 Å². The predicted octanol–water partition coefficient (Wildman–Crippen LogP) is -0.380. The van der Waals surface area contributed by atoms with E-state index in [1.165, 1.54) is 0 Å². The van der Waals surface area contributed by atoms with Crippen LogP contribution in [0.1, 0.15) is 6.92 Å². The van der Waals surface area contributed by atoms with Crippen molar-refractivity contribution >= 4 is 15.6 Å². The minimum absolute atomic E-state index is 0.0475. The first-order valence-electron chi connectivity index (χ1n) is 2.74. The molecule has 3 nitrogen and oxygen atoms in total. The molecule has 1 aliphatic rings. The predicted molar refractivity (Wildman–Crippen MR) is 32.8 cm³/mol. The molecule has 4 heteroatoms. The molecule has 0 N–H and O–H groups in total. The highest BCUT2D eigenvalue weighted by molar-refractivity contribution is 7.92. The number of carbonyl (C=O) groups is 1. The molecule has 0 aromatic rings. The van der Waals surface area contributed by atoms with Crippen LogP contribution in [0.4, 0.5) is 0 Å². The van der Waals surface area contributed by atoms with Gasteiger partial charge in [0.25, 0.3) is 0 Å². The third-order valence-electron chi connectivity index (χ3n) is 1.42. The van der Waals surface area contributed by atoms with Crippen LogP contribution in [0.5, 0.6) is 0 Å². The quantitative estimate of drug-likeness (QED) is 0.470. The van der Waals surface area contributed by atoms with Gasteiger partial charge in [0.05, 0.1) is 5.75 Å². The Morgan fingerprint density at radius 3 is 2.22 bits per heavy atom. The van der Waals surface area contributed by atoms with Crippen LogP contribution in [0.25, 0.3) is 0 Å². The molecular weight excluding hydrogens is 140 g/mol. The molecule has 0 aromatic carbocycles. The molecule has 0 aromatic heterocycles. The summed E-state index contributed by atoms with van der Waals surface area (Å²) in [5, 5.41) is 0. The van der Waals surface area contributed by atoms with Gasteiger partial charge in [-0.25, -0.2) is 8.42 Å². The number of rotatable bonds is 0. The molecule has 1 fully saturated rings. The number of hydrogen-bond donors (Lipinski definition) is 0. The normalized spacial score (nSPS) is 33.0. The zero-order valence-electron chi connectivity index (χ0n) is 5.12. The van der Waals surface area contributed by atoms with Crippen molar-refractivity contribution in [2.75, 3.05) is 11.5 Å². The van der Waals surface area contributed by atoms with Crippen molar-refractivity contribution in [2.24, 2.45) is 5.92 Å². The molecule has 9 heavy (non-hydrogen) atoms. The maximum absolute atomic E-state index is 10.6. The summed E-state index contributed by atoms with van der Waals surface area (Å²) in [6, 6.07) is 0. The average molecular weight is 148 g/mol. The van der Waals surface area contributed by atoms with E-state index in [9.17, 15) is 13.2 Å². The fourth-order valence-corrected chi connectivity index (χ4v) is 2.68. The Labute approximate surface area is 54.0 Å². The summed E-state index contributed by atoms with van der Waals surface area (Å²) >= 11 is 0. The van der Waals surface area contributed by atoms with Crippen LogP contribution in [-0.4, -0.2) is 25.7 Å². The van der Waals surface area contributed by atoms with Gasteiger partial charge in [-0.15, -0.1) is 0 Å². The van der Waals surface area contributed by atoms with Gasteiger partial charge in [0.2, 0.25) is 0 Å². The van der Waals surface area contributed by atoms with Crippen LogP contribution in [0, 0.1) is 5.92 Å². The van der Waals surface area contributed by atoms with E-state index in [0.29, 0.717) is 0 Å². The third kappa shape index (κ3) is 1.30. The first-order valence-corrected chi connectivity index (χ1v) is 4.56. The van der Waals surface area contributed by atoms with Crippen molar-refractivity contribution in [1.82, 2.24) is 0 Å². The van der Waals surface area contributed by atoms with Gasteiger partial charge >= 0.3 is 0 Å². The Kier molecular flexibility index (Phi) is 1.35. The van der Waals surface area contributed by atoms with Crippen molar-refractivity contribution < 1.29 is 13.2 Å². The van der Waals surface area contributed by atoms with Crippen molar-refractivity contribution in [3.8, 4) is 0 Å². The summed E-state index contributed by atoms with van der Waals surface area (Å²) in [5.74, 6) is -0.606. The second-order valence-corrected chi connectivity index (χ2v) is 4.53. The van der Waals surface area contributed by atoms with E-state index >= 15 is 0 Å². The summed E-state index contributed by atoms with van der Waals surface area (Å²) in [7, 11) is -2.99. The maximum atomic E-state index is 10.6. The molecular formula is C5H8O3S. The van der Waals surface area contributed by atoms with Gasteiger partial charge in [-0.3, -0.25) is 4.79 Å². The highest BCUT2D eigenvalue weighted by Crippen LogP contribution is 2.12. The van der Waals surface area contributed by atoms with Gasteiger partial charge in [-0.05, 0) is 0 Å². The lowest BCUT2D eigenvalue weighted by molar-refractivity contribution is -0.118.